The maximum absolute atomic E-state index is 13.7. The molecule has 1 aromatic carbocycles. The average Bonchev–Trinajstić information content (AvgIpc) is 3.36. The van der Waals surface area contributed by atoms with Crippen LogP contribution in [-0.2, 0) is 17.8 Å². The third-order valence-electron chi connectivity index (χ3n) is 6.55. The maximum Gasteiger partial charge on any atom is 0.407 e. The summed E-state index contributed by atoms with van der Waals surface area (Å²) in [5.74, 6) is 0.0400. The van der Waals surface area contributed by atoms with Crippen molar-refractivity contribution in [2.45, 2.75) is 78.1 Å². The van der Waals surface area contributed by atoms with Crippen LogP contribution in [0.15, 0.2) is 30.3 Å². The highest BCUT2D eigenvalue weighted by atomic mass is 19.1. The number of ether oxygens (including phenoxy) is 2. The van der Waals surface area contributed by atoms with Gasteiger partial charge in [-0.15, -0.1) is 10.2 Å². The first-order valence-corrected chi connectivity index (χ1v) is 13.4. The van der Waals surface area contributed by atoms with Gasteiger partial charge in [0.15, 0.2) is 11.6 Å². The number of methoxy groups -OCH3 is 1. The van der Waals surface area contributed by atoms with Gasteiger partial charge in [0.05, 0.1) is 13.7 Å². The smallest absolute Gasteiger partial charge is 0.407 e. The van der Waals surface area contributed by atoms with Gasteiger partial charge in [-0.3, -0.25) is 4.79 Å². The van der Waals surface area contributed by atoms with E-state index in [0.29, 0.717) is 35.1 Å². The molecule has 214 valence electrons. The predicted molar refractivity (Wildman–Crippen MR) is 145 cm³/mol. The highest BCUT2D eigenvalue weighted by molar-refractivity contribution is 5.93. The first-order chi connectivity index (χ1) is 19.0. The molecule has 2 heterocycles. The molecular formula is C28H36FN7O4. The zero-order chi connectivity index (χ0) is 28.9. The Bertz CT molecular complexity index is 1350. The van der Waals surface area contributed by atoms with Crippen LogP contribution in [0.2, 0.25) is 0 Å². The fraction of sp³-hybridized carbons (Fsp3) is 0.500. The van der Waals surface area contributed by atoms with E-state index < -0.39 is 11.4 Å². The van der Waals surface area contributed by atoms with Crippen molar-refractivity contribution in [3.05, 3.63) is 53.1 Å². The van der Waals surface area contributed by atoms with Crippen LogP contribution in [0.3, 0.4) is 0 Å². The number of hydrogen-bond donors (Lipinski definition) is 2. The Hall–Kier alpha value is -4.09. The largest absolute Gasteiger partial charge is 0.494 e. The van der Waals surface area contributed by atoms with Crippen molar-refractivity contribution in [1.82, 2.24) is 35.8 Å². The summed E-state index contributed by atoms with van der Waals surface area (Å²) in [7, 11) is 1.39. The third kappa shape index (κ3) is 7.96. The quantitative estimate of drug-likeness (QED) is 0.424. The molecule has 1 aliphatic carbocycles. The van der Waals surface area contributed by atoms with Gasteiger partial charge in [-0.1, -0.05) is 6.07 Å². The molecule has 1 fully saturated rings. The second-order valence-electron chi connectivity index (χ2n) is 11.1. The number of benzene rings is 1. The Morgan fingerprint density at radius 2 is 1.88 bits per heavy atom. The van der Waals surface area contributed by atoms with E-state index in [-0.39, 0.29) is 36.0 Å². The summed E-state index contributed by atoms with van der Waals surface area (Å²) in [6.45, 7) is 8.13. The summed E-state index contributed by atoms with van der Waals surface area (Å²) in [4.78, 5) is 30.8. The standard InChI is InChI=1S/C28H36FN7O4/c1-17-12-20(14-23(31-17)26(37)30-15-19-8-11-22(29)24(13-19)39-5)25-33-35-36(34-25)16-18-6-9-21(10-7-18)32-27(38)40-28(2,3)4/h8,11-14,18,21H,6-7,9-10,15-16H2,1-5H3,(H,30,37)(H,32,38)/t18-,21+. The third-order valence-corrected chi connectivity index (χ3v) is 6.55. The molecule has 0 radical (unpaired) electrons. The van der Waals surface area contributed by atoms with E-state index >= 15 is 0 Å². The molecule has 4 rings (SSSR count). The van der Waals surface area contributed by atoms with Gasteiger partial charge in [-0.25, -0.2) is 14.2 Å². The predicted octanol–water partition coefficient (Wildman–Crippen LogP) is 4.20. The van der Waals surface area contributed by atoms with Gasteiger partial charge in [-0.05, 0) is 94.3 Å². The molecule has 0 spiro atoms. The lowest BCUT2D eigenvalue weighted by Crippen LogP contribution is -2.41. The van der Waals surface area contributed by atoms with Gasteiger partial charge < -0.3 is 20.1 Å². The van der Waals surface area contributed by atoms with Crippen molar-refractivity contribution < 1.29 is 23.5 Å². The minimum absolute atomic E-state index is 0.0971. The van der Waals surface area contributed by atoms with Crippen LogP contribution >= 0.6 is 0 Å². The van der Waals surface area contributed by atoms with E-state index in [0.717, 1.165) is 25.7 Å². The Balaban J connectivity index is 1.32. The van der Waals surface area contributed by atoms with Crippen molar-refractivity contribution >= 4 is 12.0 Å². The van der Waals surface area contributed by atoms with Crippen LogP contribution in [0.4, 0.5) is 9.18 Å². The molecule has 0 bridgehead atoms. The molecule has 2 amide bonds. The Morgan fingerprint density at radius 1 is 1.12 bits per heavy atom. The molecule has 3 aromatic rings. The lowest BCUT2D eigenvalue weighted by Gasteiger charge is -2.29. The van der Waals surface area contributed by atoms with E-state index in [9.17, 15) is 14.0 Å². The number of nitrogens with one attached hydrogen (secondary N) is 2. The van der Waals surface area contributed by atoms with Crippen molar-refractivity contribution in [2.24, 2.45) is 5.92 Å². The molecule has 1 aliphatic rings. The van der Waals surface area contributed by atoms with E-state index in [1.54, 1.807) is 29.9 Å². The van der Waals surface area contributed by atoms with E-state index in [1.165, 1.54) is 19.2 Å². The monoisotopic (exact) mass is 553 g/mol. The number of rotatable bonds is 8. The van der Waals surface area contributed by atoms with Gasteiger partial charge in [0, 0.05) is 23.8 Å². The second-order valence-corrected chi connectivity index (χ2v) is 11.1. The van der Waals surface area contributed by atoms with E-state index in [1.807, 2.05) is 20.8 Å². The lowest BCUT2D eigenvalue weighted by molar-refractivity contribution is 0.0485. The van der Waals surface area contributed by atoms with Crippen LogP contribution in [0.1, 0.15) is 68.2 Å². The minimum atomic E-state index is -0.520. The Morgan fingerprint density at radius 3 is 2.58 bits per heavy atom. The number of aryl methyl sites for hydroxylation is 1. The van der Waals surface area contributed by atoms with Crippen LogP contribution in [-0.4, -0.2) is 55.9 Å². The van der Waals surface area contributed by atoms with Crippen molar-refractivity contribution in [3.8, 4) is 17.1 Å². The van der Waals surface area contributed by atoms with Gasteiger partial charge in [0.25, 0.3) is 5.91 Å². The topological polar surface area (TPSA) is 133 Å². The molecule has 0 atom stereocenters. The van der Waals surface area contributed by atoms with Gasteiger partial charge in [0.2, 0.25) is 5.82 Å². The molecule has 0 aliphatic heterocycles. The van der Waals surface area contributed by atoms with Crippen molar-refractivity contribution in [1.29, 1.82) is 0 Å². The van der Waals surface area contributed by atoms with Gasteiger partial charge in [-0.2, -0.15) is 4.80 Å². The maximum atomic E-state index is 13.7. The summed E-state index contributed by atoms with van der Waals surface area (Å²) >= 11 is 0. The summed E-state index contributed by atoms with van der Waals surface area (Å²) in [5, 5.41) is 18.7. The molecular weight excluding hydrogens is 517 g/mol. The highest BCUT2D eigenvalue weighted by Gasteiger charge is 2.25. The van der Waals surface area contributed by atoms with Crippen LogP contribution in [0, 0.1) is 18.7 Å². The van der Waals surface area contributed by atoms with Crippen LogP contribution in [0.5, 0.6) is 5.75 Å². The Kier molecular flexibility index (Phi) is 8.96. The second kappa shape index (κ2) is 12.4. The number of carbonyl (C=O) groups excluding carboxylic acids is 2. The molecule has 0 unspecified atom stereocenters. The number of tetrazole rings is 1. The number of hydrogen-bond acceptors (Lipinski definition) is 8. The molecule has 1 saturated carbocycles. The number of alkyl carbamates (subject to hydrolysis) is 1. The molecule has 40 heavy (non-hydrogen) atoms. The molecule has 11 nitrogen and oxygen atoms in total. The molecule has 0 saturated heterocycles. The number of pyridine rings is 1. The van der Waals surface area contributed by atoms with Crippen molar-refractivity contribution in [3.63, 3.8) is 0 Å². The minimum Gasteiger partial charge on any atom is -0.494 e. The average molecular weight is 554 g/mol. The zero-order valence-electron chi connectivity index (χ0n) is 23.5. The summed E-state index contributed by atoms with van der Waals surface area (Å²) in [6, 6.07) is 7.94. The first kappa shape index (κ1) is 28.9. The normalized spacial score (nSPS) is 17.2. The Labute approximate surface area is 232 Å². The van der Waals surface area contributed by atoms with E-state index in [2.05, 4.69) is 31.0 Å². The van der Waals surface area contributed by atoms with Crippen LogP contribution < -0.4 is 15.4 Å². The number of halogens is 1. The van der Waals surface area contributed by atoms with Crippen molar-refractivity contribution in [2.75, 3.05) is 7.11 Å². The van der Waals surface area contributed by atoms with Gasteiger partial charge >= 0.3 is 6.09 Å². The molecule has 12 heteroatoms. The number of aromatic nitrogens is 5. The fourth-order valence-corrected chi connectivity index (χ4v) is 4.63. The molecule has 2 aromatic heterocycles. The lowest BCUT2D eigenvalue weighted by atomic mass is 9.86. The summed E-state index contributed by atoms with van der Waals surface area (Å²) in [6.07, 6.45) is 3.19. The summed E-state index contributed by atoms with van der Waals surface area (Å²) in [5.41, 5.74) is 1.67. The zero-order valence-corrected chi connectivity index (χ0v) is 23.5. The SMILES string of the molecule is COc1cc(CNC(=O)c2cc(-c3nnn(C[C@H]4CC[C@@H](NC(=O)OC(C)(C)C)CC4)n3)cc(C)n2)ccc1F. The summed E-state index contributed by atoms with van der Waals surface area (Å²) < 4.78 is 24.0. The van der Waals surface area contributed by atoms with Gasteiger partial charge in [0.1, 0.15) is 11.3 Å². The number of nitrogens with zero attached hydrogens (tertiary/aromatic N) is 5. The fourth-order valence-electron chi connectivity index (χ4n) is 4.63. The highest BCUT2D eigenvalue weighted by Crippen LogP contribution is 2.26. The number of carbonyl (C=O) groups is 2. The number of amides is 2. The van der Waals surface area contributed by atoms with E-state index in [4.69, 9.17) is 9.47 Å². The first-order valence-electron chi connectivity index (χ1n) is 13.4. The van der Waals surface area contributed by atoms with Crippen LogP contribution in [0.25, 0.3) is 11.4 Å². The molecule has 2 N–H and O–H groups in total.